The van der Waals surface area contributed by atoms with Gasteiger partial charge in [0.15, 0.2) is 0 Å². The summed E-state index contributed by atoms with van der Waals surface area (Å²) in [6, 6.07) is 10.7. The third-order valence-electron chi connectivity index (χ3n) is 4.49. The Labute approximate surface area is 176 Å². The lowest BCUT2D eigenvalue weighted by Gasteiger charge is -2.29. The normalized spacial score (nSPS) is 11.8. The fraction of sp³-hybridized carbons (Fsp3) is 0.364. The van der Waals surface area contributed by atoms with E-state index in [2.05, 4.69) is 11.4 Å². The SMILES string of the molecule is CCNC(=O)[C@@H](C)N(Cc1ccc(Cl)c(Cl)c1)C(=O)Cc1cc(C)cc(C)c1. The minimum Gasteiger partial charge on any atom is -0.355 e. The fourth-order valence-electron chi connectivity index (χ4n) is 3.19. The predicted molar refractivity (Wildman–Crippen MR) is 115 cm³/mol. The van der Waals surface area contributed by atoms with Crippen LogP contribution in [-0.2, 0) is 22.6 Å². The summed E-state index contributed by atoms with van der Waals surface area (Å²) < 4.78 is 0. The average molecular weight is 421 g/mol. The summed E-state index contributed by atoms with van der Waals surface area (Å²) in [6.07, 6.45) is 0.230. The second kappa shape index (κ2) is 9.94. The van der Waals surface area contributed by atoms with Crippen molar-refractivity contribution in [3.63, 3.8) is 0 Å². The molecule has 2 rings (SSSR count). The van der Waals surface area contributed by atoms with Gasteiger partial charge in [-0.1, -0.05) is 58.6 Å². The second-order valence-electron chi connectivity index (χ2n) is 7.01. The molecule has 0 radical (unpaired) electrons. The number of benzene rings is 2. The summed E-state index contributed by atoms with van der Waals surface area (Å²) in [7, 11) is 0. The number of nitrogens with zero attached hydrogens (tertiary/aromatic N) is 1. The van der Waals surface area contributed by atoms with Crippen LogP contribution in [0.5, 0.6) is 0 Å². The van der Waals surface area contributed by atoms with Gasteiger partial charge in [-0.2, -0.15) is 0 Å². The van der Waals surface area contributed by atoms with Crippen molar-refractivity contribution in [3.8, 4) is 0 Å². The van der Waals surface area contributed by atoms with Crippen molar-refractivity contribution >= 4 is 35.0 Å². The first-order valence-electron chi connectivity index (χ1n) is 9.29. The number of hydrogen-bond donors (Lipinski definition) is 1. The van der Waals surface area contributed by atoms with Crippen molar-refractivity contribution in [1.29, 1.82) is 0 Å². The number of nitrogens with one attached hydrogen (secondary N) is 1. The summed E-state index contributed by atoms with van der Waals surface area (Å²) >= 11 is 12.1. The summed E-state index contributed by atoms with van der Waals surface area (Å²) in [5.74, 6) is -0.300. The van der Waals surface area contributed by atoms with Gasteiger partial charge in [0.25, 0.3) is 0 Å². The van der Waals surface area contributed by atoms with Crippen LogP contribution in [0, 0.1) is 13.8 Å². The topological polar surface area (TPSA) is 49.4 Å². The smallest absolute Gasteiger partial charge is 0.242 e. The van der Waals surface area contributed by atoms with Crippen molar-refractivity contribution in [1.82, 2.24) is 10.2 Å². The molecule has 0 aromatic heterocycles. The third-order valence-corrected chi connectivity index (χ3v) is 5.23. The van der Waals surface area contributed by atoms with Crippen LogP contribution >= 0.6 is 23.2 Å². The second-order valence-corrected chi connectivity index (χ2v) is 7.83. The van der Waals surface area contributed by atoms with E-state index in [4.69, 9.17) is 23.2 Å². The Kier molecular flexibility index (Phi) is 7.90. The monoisotopic (exact) mass is 420 g/mol. The molecule has 0 spiro atoms. The Morgan fingerprint density at radius 2 is 1.64 bits per heavy atom. The highest BCUT2D eigenvalue weighted by molar-refractivity contribution is 6.42. The molecule has 0 aliphatic rings. The maximum Gasteiger partial charge on any atom is 0.242 e. The highest BCUT2D eigenvalue weighted by Crippen LogP contribution is 2.24. The Morgan fingerprint density at radius 3 is 2.21 bits per heavy atom. The zero-order valence-electron chi connectivity index (χ0n) is 16.7. The van der Waals surface area contributed by atoms with E-state index in [-0.39, 0.29) is 24.8 Å². The van der Waals surface area contributed by atoms with Crippen molar-refractivity contribution < 1.29 is 9.59 Å². The molecule has 2 aromatic rings. The quantitative estimate of drug-likeness (QED) is 0.704. The van der Waals surface area contributed by atoms with Gasteiger partial charge in [-0.3, -0.25) is 9.59 Å². The minimum atomic E-state index is -0.604. The molecule has 0 aliphatic heterocycles. The van der Waals surface area contributed by atoms with Crippen LogP contribution in [0.3, 0.4) is 0 Å². The molecule has 2 amide bonds. The van der Waals surface area contributed by atoms with Crippen molar-refractivity contribution in [2.75, 3.05) is 6.54 Å². The van der Waals surface area contributed by atoms with Gasteiger partial charge in [0.2, 0.25) is 11.8 Å². The van der Waals surface area contributed by atoms with Gasteiger partial charge < -0.3 is 10.2 Å². The lowest BCUT2D eigenvalue weighted by molar-refractivity contribution is -0.140. The fourth-order valence-corrected chi connectivity index (χ4v) is 3.51. The number of aryl methyl sites for hydroxylation is 2. The molecule has 150 valence electrons. The van der Waals surface area contributed by atoms with Crippen LogP contribution < -0.4 is 5.32 Å². The molecular weight excluding hydrogens is 395 g/mol. The number of likely N-dealkylation sites (N-methyl/N-ethyl adjacent to an activating group) is 1. The van der Waals surface area contributed by atoms with Crippen LogP contribution in [0.1, 0.15) is 36.1 Å². The summed E-state index contributed by atoms with van der Waals surface area (Å²) in [4.78, 5) is 27.1. The third kappa shape index (κ3) is 5.98. The van der Waals surface area contributed by atoms with Gasteiger partial charge in [0, 0.05) is 13.1 Å². The van der Waals surface area contributed by atoms with E-state index in [0.29, 0.717) is 16.6 Å². The average Bonchev–Trinajstić information content (AvgIpc) is 2.61. The molecule has 0 fully saturated rings. The largest absolute Gasteiger partial charge is 0.355 e. The molecule has 1 N–H and O–H groups in total. The van der Waals surface area contributed by atoms with Gasteiger partial charge in [0.05, 0.1) is 16.5 Å². The Bertz CT molecular complexity index is 847. The van der Waals surface area contributed by atoms with E-state index in [1.165, 1.54) is 0 Å². The zero-order chi connectivity index (χ0) is 20.8. The van der Waals surface area contributed by atoms with Crippen molar-refractivity contribution in [2.24, 2.45) is 0 Å². The number of carbonyl (C=O) groups excluding carboxylic acids is 2. The first kappa shape index (κ1) is 22.3. The van der Waals surface area contributed by atoms with Gasteiger partial charge in [-0.15, -0.1) is 0 Å². The molecule has 0 saturated heterocycles. The number of rotatable bonds is 7. The molecule has 1 atom stereocenters. The van der Waals surface area contributed by atoms with E-state index in [0.717, 1.165) is 22.3 Å². The highest BCUT2D eigenvalue weighted by Gasteiger charge is 2.26. The van der Waals surface area contributed by atoms with Crippen LogP contribution in [0.2, 0.25) is 10.0 Å². The molecule has 0 saturated carbocycles. The number of halogens is 2. The molecule has 0 heterocycles. The van der Waals surface area contributed by atoms with Crippen molar-refractivity contribution in [2.45, 2.75) is 46.7 Å². The van der Waals surface area contributed by atoms with Gasteiger partial charge >= 0.3 is 0 Å². The molecule has 0 unspecified atom stereocenters. The van der Waals surface area contributed by atoms with E-state index >= 15 is 0 Å². The molecule has 0 bridgehead atoms. The van der Waals surface area contributed by atoms with E-state index in [1.54, 1.807) is 24.0 Å². The van der Waals surface area contributed by atoms with Gasteiger partial charge in [-0.05, 0) is 51.0 Å². The van der Waals surface area contributed by atoms with Gasteiger partial charge in [-0.25, -0.2) is 0 Å². The lowest BCUT2D eigenvalue weighted by atomic mass is 10.0. The summed E-state index contributed by atoms with van der Waals surface area (Å²) in [5.41, 5.74) is 3.97. The molecule has 0 aliphatic carbocycles. The van der Waals surface area contributed by atoms with E-state index in [1.807, 2.05) is 39.0 Å². The van der Waals surface area contributed by atoms with E-state index in [9.17, 15) is 9.59 Å². The molecule has 4 nitrogen and oxygen atoms in total. The number of carbonyl (C=O) groups is 2. The minimum absolute atomic E-state index is 0.116. The van der Waals surface area contributed by atoms with Crippen LogP contribution in [0.15, 0.2) is 36.4 Å². The summed E-state index contributed by atoms with van der Waals surface area (Å²) in [5, 5.41) is 3.67. The first-order valence-corrected chi connectivity index (χ1v) is 10.0. The maximum absolute atomic E-state index is 13.1. The Balaban J connectivity index is 2.28. The molecular formula is C22H26Cl2N2O2. The first-order chi connectivity index (χ1) is 13.2. The number of amides is 2. The molecule has 28 heavy (non-hydrogen) atoms. The maximum atomic E-state index is 13.1. The Morgan fingerprint density at radius 1 is 1.00 bits per heavy atom. The number of hydrogen-bond acceptors (Lipinski definition) is 2. The van der Waals surface area contributed by atoms with Crippen LogP contribution in [0.4, 0.5) is 0 Å². The Hall–Kier alpha value is -2.04. The zero-order valence-corrected chi connectivity index (χ0v) is 18.2. The summed E-state index contributed by atoms with van der Waals surface area (Å²) in [6.45, 7) is 8.39. The van der Waals surface area contributed by atoms with Crippen LogP contribution in [-0.4, -0.2) is 29.3 Å². The standard InChI is InChI=1S/C22H26Cl2N2O2/c1-5-25-22(28)16(4)26(13-17-6-7-19(23)20(24)11-17)21(27)12-18-9-14(2)8-15(3)10-18/h6-11,16H,5,12-13H2,1-4H3,(H,25,28)/t16-/m1/s1. The van der Waals surface area contributed by atoms with Crippen molar-refractivity contribution in [3.05, 3.63) is 68.7 Å². The highest BCUT2D eigenvalue weighted by atomic mass is 35.5. The van der Waals surface area contributed by atoms with Crippen LogP contribution in [0.25, 0.3) is 0 Å². The molecule has 2 aromatic carbocycles. The van der Waals surface area contributed by atoms with Gasteiger partial charge in [0.1, 0.15) is 6.04 Å². The molecule has 6 heteroatoms. The predicted octanol–water partition coefficient (Wildman–Crippen LogP) is 4.71. The lowest BCUT2D eigenvalue weighted by Crippen LogP contribution is -2.48. The van der Waals surface area contributed by atoms with E-state index < -0.39 is 6.04 Å².